The molecule has 1 atom stereocenters. The van der Waals surface area contributed by atoms with E-state index in [1.807, 2.05) is 0 Å². The second-order valence-corrected chi connectivity index (χ2v) is 4.73. The Balaban J connectivity index is 0. The van der Waals surface area contributed by atoms with Crippen LogP contribution in [0.2, 0.25) is 0 Å². The van der Waals surface area contributed by atoms with Crippen LogP contribution in [-0.4, -0.2) is 61.4 Å². The van der Waals surface area contributed by atoms with Gasteiger partial charge in [-0.25, -0.2) is 14.4 Å². The van der Waals surface area contributed by atoms with Gasteiger partial charge in [-0.1, -0.05) is 6.58 Å². The van der Waals surface area contributed by atoms with E-state index in [1.165, 1.54) is 21.0 Å². The Morgan fingerprint density at radius 2 is 1.27 bits per heavy atom. The zero-order valence-electron chi connectivity index (χ0n) is 15.2. The molecular formula is C16H22O10. The van der Waals surface area contributed by atoms with Gasteiger partial charge in [-0.2, -0.15) is 0 Å². The fourth-order valence-electron chi connectivity index (χ4n) is 1.34. The number of esters is 3. The fourth-order valence-corrected chi connectivity index (χ4v) is 1.34. The van der Waals surface area contributed by atoms with Gasteiger partial charge in [0.25, 0.3) is 0 Å². The van der Waals surface area contributed by atoms with Crippen LogP contribution in [0.4, 0.5) is 0 Å². The van der Waals surface area contributed by atoms with Crippen LogP contribution in [-0.2, 0) is 38.2 Å². The molecule has 26 heavy (non-hydrogen) atoms. The van der Waals surface area contributed by atoms with Gasteiger partial charge in [-0.3, -0.25) is 9.59 Å². The second-order valence-electron chi connectivity index (χ2n) is 4.73. The summed E-state index contributed by atoms with van der Waals surface area (Å²) in [5.74, 6) is -5.61. The Bertz CT molecular complexity index is 593. The molecule has 0 saturated heterocycles. The van der Waals surface area contributed by atoms with E-state index in [9.17, 15) is 24.0 Å². The molecule has 146 valence electrons. The fraction of sp³-hybridized carbons (Fsp3) is 0.438. The lowest BCUT2D eigenvalue weighted by Crippen LogP contribution is -2.26. The summed E-state index contributed by atoms with van der Waals surface area (Å²) in [6.07, 6.45) is -0.308. The van der Waals surface area contributed by atoms with Crippen molar-refractivity contribution in [2.24, 2.45) is 5.92 Å². The summed E-state index contributed by atoms with van der Waals surface area (Å²) in [7, 11) is 3.48. The van der Waals surface area contributed by atoms with Crippen molar-refractivity contribution in [2.45, 2.75) is 20.3 Å². The highest BCUT2D eigenvalue weighted by atomic mass is 16.5. The Morgan fingerprint density at radius 3 is 1.54 bits per heavy atom. The van der Waals surface area contributed by atoms with Gasteiger partial charge in [-0.15, -0.1) is 0 Å². The summed E-state index contributed by atoms with van der Waals surface area (Å²) in [5, 5.41) is 16.6. The van der Waals surface area contributed by atoms with E-state index in [2.05, 4.69) is 20.8 Å². The maximum absolute atomic E-state index is 11.3. The van der Waals surface area contributed by atoms with E-state index in [1.54, 1.807) is 0 Å². The number of methoxy groups -OCH3 is 3. The zero-order valence-corrected chi connectivity index (χ0v) is 15.2. The first kappa shape index (κ1) is 25.1. The Kier molecular flexibility index (Phi) is 11.8. The van der Waals surface area contributed by atoms with E-state index in [4.69, 9.17) is 10.2 Å². The number of carbonyl (C=O) groups is 5. The van der Waals surface area contributed by atoms with Gasteiger partial charge in [0.15, 0.2) is 0 Å². The highest BCUT2D eigenvalue weighted by molar-refractivity contribution is 5.98. The molecule has 0 rings (SSSR count). The van der Waals surface area contributed by atoms with Crippen molar-refractivity contribution < 1.29 is 48.4 Å². The van der Waals surface area contributed by atoms with E-state index in [0.717, 1.165) is 14.2 Å². The number of hydrogen-bond acceptors (Lipinski definition) is 8. The molecule has 0 amide bonds. The third-order valence-electron chi connectivity index (χ3n) is 3.16. The quantitative estimate of drug-likeness (QED) is 0.367. The molecule has 0 aromatic heterocycles. The van der Waals surface area contributed by atoms with Gasteiger partial charge < -0.3 is 24.4 Å². The predicted octanol–water partition coefficient (Wildman–Crippen LogP) is 0.560. The molecular weight excluding hydrogens is 352 g/mol. The number of aliphatic carboxylic acids is 2. The summed E-state index contributed by atoms with van der Waals surface area (Å²) < 4.78 is 13.3. The molecule has 0 aliphatic carbocycles. The topological polar surface area (TPSA) is 154 Å². The molecule has 0 saturated carbocycles. The van der Waals surface area contributed by atoms with Crippen molar-refractivity contribution in [2.75, 3.05) is 21.3 Å². The Labute approximate surface area is 150 Å². The van der Waals surface area contributed by atoms with Crippen molar-refractivity contribution in [3.63, 3.8) is 0 Å². The van der Waals surface area contributed by atoms with Gasteiger partial charge >= 0.3 is 29.8 Å². The minimum absolute atomic E-state index is 0.132. The summed E-state index contributed by atoms with van der Waals surface area (Å²) in [5.41, 5.74) is -0.403. The minimum Gasteiger partial charge on any atom is -0.478 e. The van der Waals surface area contributed by atoms with Gasteiger partial charge in [-0.05, 0) is 13.8 Å². The standard InChI is InChI=1S/C10H14O6.C6H8O4/c1-6(9(12)15-3)7(10(13)16-4)5-8(11)14-2;1-3(5(7)8)4(2)6(9)10/h7H,1,5H2,2-4H3;1-2H3,(H,7,8)(H,9,10). The SMILES string of the molecule is C=C(C(=O)OC)C(CC(=O)OC)C(=O)OC.CC(C(=O)O)=C(C)C(=O)O. The van der Waals surface area contributed by atoms with Gasteiger partial charge in [0.05, 0.1) is 33.7 Å². The van der Waals surface area contributed by atoms with Crippen LogP contribution in [0.1, 0.15) is 20.3 Å². The van der Waals surface area contributed by atoms with Gasteiger partial charge in [0, 0.05) is 16.7 Å². The first-order chi connectivity index (χ1) is 11.9. The lowest BCUT2D eigenvalue weighted by molar-refractivity contribution is -0.152. The third kappa shape index (κ3) is 8.62. The predicted molar refractivity (Wildman–Crippen MR) is 86.9 cm³/mol. The van der Waals surface area contributed by atoms with Crippen molar-refractivity contribution >= 4 is 29.8 Å². The highest BCUT2D eigenvalue weighted by Crippen LogP contribution is 2.17. The van der Waals surface area contributed by atoms with E-state index in [-0.39, 0.29) is 23.1 Å². The monoisotopic (exact) mass is 374 g/mol. The van der Waals surface area contributed by atoms with Crippen LogP contribution in [0.5, 0.6) is 0 Å². The largest absolute Gasteiger partial charge is 0.478 e. The number of carboxylic acids is 2. The lowest BCUT2D eigenvalue weighted by Gasteiger charge is -2.14. The normalized spacial score (nSPS) is 11.6. The number of hydrogen-bond donors (Lipinski definition) is 2. The van der Waals surface area contributed by atoms with Crippen molar-refractivity contribution in [1.82, 2.24) is 0 Å². The van der Waals surface area contributed by atoms with Crippen LogP contribution in [0.15, 0.2) is 23.3 Å². The molecule has 0 aliphatic rings. The molecule has 0 heterocycles. The molecule has 10 nitrogen and oxygen atoms in total. The number of carboxylic acid groups (broad SMARTS) is 2. The molecule has 0 aromatic carbocycles. The van der Waals surface area contributed by atoms with E-state index < -0.39 is 35.8 Å². The first-order valence-corrected chi connectivity index (χ1v) is 7.00. The molecule has 1 unspecified atom stereocenters. The number of carbonyl (C=O) groups excluding carboxylic acids is 3. The van der Waals surface area contributed by atoms with Crippen molar-refractivity contribution in [3.05, 3.63) is 23.3 Å². The summed E-state index contributed by atoms with van der Waals surface area (Å²) in [6.45, 7) is 5.91. The maximum Gasteiger partial charge on any atom is 0.334 e. The summed E-state index contributed by atoms with van der Waals surface area (Å²) in [6, 6.07) is 0. The maximum atomic E-state index is 11.3. The molecule has 0 aliphatic heterocycles. The molecule has 0 spiro atoms. The number of ether oxygens (including phenoxy) is 3. The van der Waals surface area contributed by atoms with Crippen LogP contribution >= 0.6 is 0 Å². The third-order valence-corrected chi connectivity index (χ3v) is 3.16. The zero-order chi connectivity index (χ0) is 21.0. The Hall–Kier alpha value is -3.17. The summed E-state index contributed by atoms with van der Waals surface area (Å²) in [4.78, 5) is 53.8. The number of rotatable bonds is 7. The molecule has 2 N–H and O–H groups in total. The van der Waals surface area contributed by atoms with Crippen LogP contribution in [0, 0.1) is 5.92 Å². The molecule has 0 bridgehead atoms. The molecule has 0 fully saturated rings. The van der Waals surface area contributed by atoms with Crippen molar-refractivity contribution in [3.8, 4) is 0 Å². The van der Waals surface area contributed by atoms with Gasteiger partial charge in [0.2, 0.25) is 0 Å². The molecule has 0 radical (unpaired) electrons. The average molecular weight is 374 g/mol. The highest BCUT2D eigenvalue weighted by Gasteiger charge is 2.30. The van der Waals surface area contributed by atoms with Crippen LogP contribution < -0.4 is 0 Å². The second kappa shape index (κ2) is 12.2. The Morgan fingerprint density at radius 1 is 0.846 bits per heavy atom. The first-order valence-electron chi connectivity index (χ1n) is 7.00. The minimum atomic E-state index is -1.19. The van der Waals surface area contributed by atoms with Gasteiger partial charge in [0.1, 0.15) is 0 Å². The molecule has 0 aromatic rings. The lowest BCUT2D eigenvalue weighted by atomic mass is 9.97. The van der Waals surface area contributed by atoms with E-state index in [0.29, 0.717) is 0 Å². The van der Waals surface area contributed by atoms with Crippen LogP contribution in [0.3, 0.4) is 0 Å². The van der Waals surface area contributed by atoms with Crippen molar-refractivity contribution in [1.29, 1.82) is 0 Å². The van der Waals surface area contributed by atoms with Crippen LogP contribution in [0.25, 0.3) is 0 Å². The smallest absolute Gasteiger partial charge is 0.334 e. The molecule has 10 heteroatoms. The van der Waals surface area contributed by atoms with E-state index >= 15 is 0 Å². The average Bonchev–Trinajstić information content (AvgIpc) is 2.62. The summed E-state index contributed by atoms with van der Waals surface area (Å²) >= 11 is 0.